The summed E-state index contributed by atoms with van der Waals surface area (Å²) in [6.07, 6.45) is 0. The van der Waals surface area contributed by atoms with Crippen molar-refractivity contribution in [3.05, 3.63) is 103 Å². The molecule has 6 nitrogen and oxygen atoms in total. The molecule has 0 fully saturated rings. The van der Waals surface area contributed by atoms with Gasteiger partial charge in [-0.1, -0.05) is 47.6 Å². The zero-order valence-corrected chi connectivity index (χ0v) is 17.5. The van der Waals surface area contributed by atoms with Gasteiger partial charge in [0.05, 0.1) is 22.1 Å². The second-order valence-corrected chi connectivity index (χ2v) is 7.90. The fourth-order valence-electron chi connectivity index (χ4n) is 4.40. The summed E-state index contributed by atoms with van der Waals surface area (Å²) in [5.74, 6) is 1.96. The maximum atomic E-state index is 5.48. The zero-order chi connectivity index (χ0) is 21.8. The average Bonchev–Trinajstić information content (AvgIpc) is 3.58. The Kier molecular flexibility index (Phi) is 3.75. The van der Waals surface area contributed by atoms with Crippen LogP contribution in [0.25, 0.3) is 56.4 Å². The molecule has 0 aliphatic heterocycles. The lowest BCUT2D eigenvalue weighted by Gasteiger charge is -2.05. The maximum absolute atomic E-state index is 5.48. The first-order valence-electron chi connectivity index (χ1n) is 10.7. The molecule has 0 aliphatic rings. The van der Waals surface area contributed by atoms with Gasteiger partial charge in [0, 0.05) is 16.8 Å². The third-order valence-electron chi connectivity index (χ3n) is 5.94. The first kappa shape index (κ1) is 17.9. The maximum Gasteiger partial charge on any atom is 0.258 e. The molecule has 3 heterocycles. The van der Waals surface area contributed by atoms with Crippen LogP contribution in [0.15, 0.2) is 108 Å². The van der Waals surface area contributed by atoms with Gasteiger partial charge in [-0.25, -0.2) is 4.98 Å². The van der Waals surface area contributed by atoms with Gasteiger partial charge in [0.15, 0.2) is 0 Å². The molecule has 0 unspecified atom stereocenters. The number of hydrogen-bond donors (Lipinski definition) is 0. The quantitative estimate of drug-likeness (QED) is 0.339. The summed E-state index contributed by atoms with van der Waals surface area (Å²) in [6, 6.07) is 34.5. The van der Waals surface area contributed by atoms with Gasteiger partial charge in [-0.15, -0.1) is 0 Å². The molecule has 33 heavy (non-hydrogen) atoms. The number of aromatic nitrogens is 5. The molecule has 6 heteroatoms. The molecule has 3 aromatic heterocycles. The standard InChI is InChI=1S/C27H17N5O/c1-2-8-19(9-3-1)26-29-25(30-33-26)18-14-16-20(17-15-18)31-23-12-6-7-13-24(23)32-22-11-5-4-10-21(22)28-27(31)32/h1-17H. The van der Waals surface area contributed by atoms with Crippen LogP contribution < -0.4 is 0 Å². The van der Waals surface area contributed by atoms with Crippen molar-refractivity contribution in [3.8, 4) is 28.5 Å². The van der Waals surface area contributed by atoms with Crippen molar-refractivity contribution >= 4 is 27.8 Å². The number of fused-ring (bicyclic) bond motifs is 5. The van der Waals surface area contributed by atoms with E-state index in [0.717, 1.165) is 44.7 Å². The highest BCUT2D eigenvalue weighted by molar-refractivity contribution is 5.92. The smallest absolute Gasteiger partial charge is 0.258 e. The first-order chi connectivity index (χ1) is 16.4. The van der Waals surface area contributed by atoms with Crippen LogP contribution in [0.3, 0.4) is 0 Å². The van der Waals surface area contributed by atoms with Crippen LogP contribution in [0.2, 0.25) is 0 Å². The molecule has 7 rings (SSSR count). The Morgan fingerprint density at radius 1 is 0.576 bits per heavy atom. The van der Waals surface area contributed by atoms with Crippen molar-refractivity contribution in [2.75, 3.05) is 0 Å². The summed E-state index contributed by atoms with van der Waals surface area (Å²) in [7, 11) is 0. The number of rotatable bonds is 3. The fraction of sp³-hybridized carbons (Fsp3) is 0. The zero-order valence-electron chi connectivity index (χ0n) is 17.5. The Morgan fingerprint density at radius 2 is 1.27 bits per heavy atom. The van der Waals surface area contributed by atoms with Crippen molar-refractivity contribution < 1.29 is 4.52 Å². The lowest BCUT2D eigenvalue weighted by Crippen LogP contribution is -1.95. The predicted molar refractivity (Wildman–Crippen MR) is 128 cm³/mol. The summed E-state index contributed by atoms with van der Waals surface area (Å²) in [6.45, 7) is 0. The van der Waals surface area contributed by atoms with Gasteiger partial charge >= 0.3 is 0 Å². The van der Waals surface area contributed by atoms with E-state index in [9.17, 15) is 0 Å². The van der Waals surface area contributed by atoms with Gasteiger partial charge in [0.1, 0.15) is 0 Å². The molecule has 0 bridgehead atoms. The van der Waals surface area contributed by atoms with Gasteiger partial charge in [0.25, 0.3) is 5.89 Å². The number of para-hydroxylation sites is 4. The Labute approximate surface area is 188 Å². The molecule has 0 atom stereocenters. The monoisotopic (exact) mass is 427 g/mol. The van der Waals surface area contributed by atoms with Crippen molar-refractivity contribution in [3.63, 3.8) is 0 Å². The summed E-state index contributed by atoms with van der Waals surface area (Å²) in [5, 5.41) is 4.17. The SMILES string of the molecule is c1ccc(-c2nc(-c3ccc(-n4c5ccccc5n5c6ccccc6nc45)cc3)no2)cc1. The Hall–Kier alpha value is -4.71. The third-order valence-corrected chi connectivity index (χ3v) is 5.94. The number of imidazole rings is 2. The molecule has 156 valence electrons. The highest BCUT2D eigenvalue weighted by atomic mass is 16.5. The van der Waals surface area contributed by atoms with Crippen LogP contribution in [-0.4, -0.2) is 24.1 Å². The lowest BCUT2D eigenvalue weighted by molar-refractivity contribution is 0.432. The molecular weight excluding hydrogens is 410 g/mol. The van der Waals surface area contributed by atoms with Crippen LogP contribution in [0, 0.1) is 0 Å². The minimum absolute atomic E-state index is 0.511. The lowest BCUT2D eigenvalue weighted by atomic mass is 10.2. The van der Waals surface area contributed by atoms with Crippen LogP contribution in [-0.2, 0) is 0 Å². The van der Waals surface area contributed by atoms with Crippen LogP contribution in [0.4, 0.5) is 0 Å². The van der Waals surface area contributed by atoms with E-state index in [-0.39, 0.29) is 0 Å². The van der Waals surface area contributed by atoms with Gasteiger partial charge in [-0.3, -0.25) is 8.97 Å². The number of nitrogens with zero attached hydrogens (tertiary/aromatic N) is 5. The van der Waals surface area contributed by atoms with Crippen LogP contribution >= 0.6 is 0 Å². The molecule has 0 radical (unpaired) electrons. The molecule has 0 aliphatic carbocycles. The fourth-order valence-corrected chi connectivity index (χ4v) is 4.40. The normalized spacial score (nSPS) is 11.6. The van der Waals surface area contributed by atoms with Gasteiger partial charge in [-0.2, -0.15) is 4.98 Å². The number of hydrogen-bond acceptors (Lipinski definition) is 4. The molecule has 4 aromatic carbocycles. The highest BCUT2D eigenvalue weighted by Crippen LogP contribution is 2.30. The highest BCUT2D eigenvalue weighted by Gasteiger charge is 2.17. The summed E-state index contributed by atoms with van der Waals surface area (Å²) in [4.78, 5) is 9.50. The van der Waals surface area contributed by atoms with Crippen molar-refractivity contribution in [2.24, 2.45) is 0 Å². The van der Waals surface area contributed by atoms with E-state index in [2.05, 4.69) is 61.6 Å². The molecule has 7 aromatic rings. The van der Waals surface area contributed by atoms with Crippen LogP contribution in [0.1, 0.15) is 0 Å². The van der Waals surface area contributed by atoms with E-state index in [1.165, 1.54) is 0 Å². The largest absolute Gasteiger partial charge is 0.334 e. The second-order valence-electron chi connectivity index (χ2n) is 7.90. The van der Waals surface area contributed by atoms with E-state index in [4.69, 9.17) is 9.51 Å². The average molecular weight is 427 g/mol. The molecule has 0 spiro atoms. The van der Waals surface area contributed by atoms with E-state index in [0.29, 0.717) is 11.7 Å². The first-order valence-corrected chi connectivity index (χ1v) is 10.7. The molecule has 0 saturated carbocycles. The van der Waals surface area contributed by atoms with E-state index >= 15 is 0 Å². The summed E-state index contributed by atoms with van der Waals surface area (Å²) in [5.41, 5.74) is 7.11. The van der Waals surface area contributed by atoms with Crippen molar-refractivity contribution in [1.29, 1.82) is 0 Å². The van der Waals surface area contributed by atoms with Gasteiger partial charge in [0.2, 0.25) is 11.6 Å². The minimum Gasteiger partial charge on any atom is -0.334 e. The molecular formula is C27H17N5O. The van der Waals surface area contributed by atoms with E-state index < -0.39 is 0 Å². The molecule has 0 N–H and O–H groups in total. The van der Waals surface area contributed by atoms with Gasteiger partial charge in [-0.05, 0) is 60.7 Å². The Balaban J connectivity index is 1.36. The molecule has 0 saturated heterocycles. The second kappa shape index (κ2) is 6.90. The number of benzene rings is 4. The predicted octanol–water partition coefficient (Wildman–Crippen LogP) is 6.15. The van der Waals surface area contributed by atoms with Crippen molar-refractivity contribution in [2.45, 2.75) is 0 Å². The Morgan fingerprint density at radius 3 is 2.09 bits per heavy atom. The van der Waals surface area contributed by atoms with E-state index in [1.54, 1.807) is 0 Å². The summed E-state index contributed by atoms with van der Waals surface area (Å²) >= 11 is 0. The minimum atomic E-state index is 0.511. The van der Waals surface area contributed by atoms with Gasteiger partial charge < -0.3 is 4.52 Å². The topological polar surface area (TPSA) is 61.2 Å². The van der Waals surface area contributed by atoms with Crippen molar-refractivity contribution in [1.82, 2.24) is 24.1 Å². The summed E-state index contributed by atoms with van der Waals surface area (Å²) < 4.78 is 9.87. The van der Waals surface area contributed by atoms with Crippen LogP contribution in [0.5, 0.6) is 0 Å². The Bertz CT molecular complexity index is 1760. The third kappa shape index (κ3) is 2.71. The molecule has 0 amide bonds. The van der Waals surface area contributed by atoms with E-state index in [1.807, 2.05) is 60.7 Å².